The number of hydrogen-bond acceptors (Lipinski definition) is 4. The predicted molar refractivity (Wildman–Crippen MR) is 101 cm³/mol. The second kappa shape index (κ2) is 9.30. The number of aromatic nitrogens is 3. The molecule has 0 N–H and O–H groups in total. The molecule has 144 valence electrons. The minimum Gasteiger partial charge on any atom is -0.342 e. The molecule has 1 aliphatic rings. The molecule has 1 atom stereocenters. The minimum atomic E-state index is -0.113. The van der Waals surface area contributed by atoms with Crippen LogP contribution in [0, 0.1) is 5.92 Å². The number of likely N-dealkylation sites (tertiary alicyclic amines) is 1. The van der Waals surface area contributed by atoms with Gasteiger partial charge in [0.05, 0.1) is 12.2 Å². The van der Waals surface area contributed by atoms with Gasteiger partial charge < -0.3 is 14.4 Å². The van der Waals surface area contributed by atoms with Crippen LogP contribution in [-0.4, -0.2) is 55.8 Å². The molecule has 27 heavy (non-hydrogen) atoms. The normalized spacial score (nSPS) is 16.9. The van der Waals surface area contributed by atoms with Gasteiger partial charge in [-0.05, 0) is 37.0 Å². The number of carbonyl (C=O) groups excluding carboxylic acids is 2. The third-order valence-corrected chi connectivity index (χ3v) is 5.05. The molecule has 1 aliphatic heterocycles. The highest BCUT2D eigenvalue weighted by Crippen LogP contribution is 2.20. The second-order valence-corrected chi connectivity index (χ2v) is 7.07. The van der Waals surface area contributed by atoms with Crippen LogP contribution >= 0.6 is 0 Å². The van der Waals surface area contributed by atoms with Gasteiger partial charge >= 0.3 is 0 Å². The van der Waals surface area contributed by atoms with Crippen molar-refractivity contribution in [3.63, 3.8) is 0 Å². The molecule has 2 aromatic heterocycles. The molecule has 1 fully saturated rings. The second-order valence-electron chi connectivity index (χ2n) is 7.07. The van der Waals surface area contributed by atoms with Crippen molar-refractivity contribution in [3.05, 3.63) is 48.8 Å². The van der Waals surface area contributed by atoms with Crippen LogP contribution < -0.4 is 0 Å². The molecule has 2 aromatic rings. The summed E-state index contributed by atoms with van der Waals surface area (Å²) in [5.41, 5.74) is 1.07. The molecule has 3 rings (SSSR count). The number of hydrogen-bond donors (Lipinski definition) is 0. The van der Waals surface area contributed by atoms with Gasteiger partial charge in [-0.1, -0.05) is 0 Å². The van der Waals surface area contributed by atoms with Crippen LogP contribution in [0.5, 0.6) is 0 Å². The Morgan fingerprint density at radius 2 is 2.04 bits per heavy atom. The molecular formula is C20H27N5O2. The van der Waals surface area contributed by atoms with Crippen molar-refractivity contribution in [2.24, 2.45) is 5.92 Å². The Hall–Kier alpha value is -2.70. The number of nitrogens with zero attached hydrogens (tertiary/aromatic N) is 5. The molecule has 0 saturated carbocycles. The fourth-order valence-corrected chi connectivity index (χ4v) is 3.56. The highest BCUT2D eigenvalue weighted by Gasteiger charge is 2.30. The largest absolute Gasteiger partial charge is 0.342 e. The smallest absolute Gasteiger partial charge is 0.227 e. The Labute approximate surface area is 160 Å². The summed E-state index contributed by atoms with van der Waals surface area (Å²) in [5.74, 6) is 0.0782. The maximum atomic E-state index is 13.2. The Morgan fingerprint density at radius 1 is 1.22 bits per heavy atom. The summed E-state index contributed by atoms with van der Waals surface area (Å²) in [6.07, 6.45) is 11.6. The van der Waals surface area contributed by atoms with Crippen molar-refractivity contribution >= 4 is 11.8 Å². The van der Waals surface area contributed by atoms with Crippen LogP contribution in [0.1, 0.15) is 31.7 Å². The number of carbonyl (C=O) groups is 2. The Balaban J connectivity index is 1.65. The average molecular weight is 369 g/mol. The monoisotopic (exact) mass is 369 g/mol. The summed E-state index contributed by atoms with van der Waals surface area (Å²) in [4.78, 5) is 36.8. The molecule has 0 aliphatic carbocycles. The van der Waals surface area contributed by atoms with E-state index in [2.05, 4.69) is 9.97 Å². The van der Waals surface area contributed by atoms with Gasteiger partial charge in [0.25, 0.3) is 0 Å². The van der Waals surface area contributed by atoms with Gasteiger partial charge in [-0.15, -0.1) is 0 Å². The lowest BCUT2D eigenvalue weighted by Crippen LogP contribution is -2.46. The average Bonchev–Trinajstić information content (AvgIpc) is 3.21. The maximum absolute atomic E-state index is 13.2. The summed E-state index contributed by atoms with van der Waals surface area (Å²) in [6.45, 7) is 4.93. The van der Waals surface area contributed by atoms with E-state index in [-0.39, 0.29) is 17.7 Å². The summed E-state index contributed by atoms with van der Waals surface area (Å²) in [5, 5.41) is 0. The lowest BCUT2D eigenvalue weighted by molar-refractivity contribution is -0.140. The van der Waals surface area contributed by atoms with Crippen molar-refractivity contribution in [1.29, 1.82) is 0 Å². The van der Waals surface area contributed by atoms with Crippen LogP contribution in [0.25, 0.3) is 0 Å². The fraction of sp³-hybridized carbons (Fsp3) is 0.500. The molecule has 2 amide bonds. The zero-order valence-corrected chi connectivity index (χ0v) is 15.8. The Bertz CT molecular complexity index is 732. The van der Waals surface area contributed by atoms with Crippen LogP contribution in [0.4, 0.5) is 0 Å². The number of aryl methyl sites for hydroxylation is 1. The van der Waals surface area contributed by atoms with E-state index >= 15 is 0 Å². The SMILES string of the molecule is CC(=O)N1CCCC(C(=O)N(CCCn2ccnc2)Cc2ccncc2)C1. The van der Waals surface area contributed by atoms with Crippen LogP contribution in [0.3, 0.4) is 0 Å². The van der Waals surface area contributed by atoms with E-state index in [9.17, 15) is 9.59 Å². The summed E-state index contributed by atoms with van der Waals surface area (Å²) in [7, 11) is 0. The third-order valence-electron chi connectivity index (χ3n) is 5.05. The number of piperidine rings is 1. The van der Waals surface area contributed by atoms with Gasteiger partial charge in [0.15, 0.2) is 0 Å². The van der Waals surface area contributed by atoms with Crippen molar-refractivity contribution in [1.82, 2.24) is 24.3 Å². The maximum Gasteiger partial charge on any atom is 0.227 e. The topological polar surface area (TPSA) is 71.3 Å². The van der Waals surface area contributed by atoms with E-state index < -0.39 is 0 Å². The van der Waals surface area contributed by atoms with Crippen molar-refractivity contribution in [3.8, 4) is 0 Å². The zero-order chi connectivity index (χ0) is 19.1. The molecule has 0 radical (unpaired) electrons. The first-order chi connectivity index (χ1) is 13.1. The van der Waals surface area contributed by atoms with E-state index in [1.165, 1.54) is 0 Å². The highest BCUT2D eigenvalue weighted by molar-refractivity contribution is 5.80. The molecule has 7 nitrogen and oxygen atoms in total. The van der Waals surface area contributed by atoms with Gasteiger partial charge in [0.1, 0.15) is 0 Å². The first-order valence-electron chi connectivity index (χ1n) is 9.52. The standard InChI is InChI=1S/C20H27N5O2/c1-17(26)24-11-2-4-19(15-24)20(27)25(14-18-5-7-21-8-6-18)12-3-10-23-13-9-22-16-23/h5-9,13,16,19H,2-4,10-12,14-15H2,1H3. The van der Waals surface area contributed by atoms with E-state index in [1.54, 1.807) is 36.7 Å². The zero-order valence-electron chi connectivity index (χ0n) is 15.8. The van der Waals surface area contributed by atoms with Crippen molar-refractivity contribution in [2.75, 3.05) is 19.6 Å². The number of rotatable bonds is 7. The van der Waals surface area contributed by atoms with Crippen LogP contribution in [0.2, 0.25) is 0 Å². The third kappa shape index (κ3) is 5.39. The first kappa shape index (κ1) is 19.1. The molecule has 0 spiro atoms. The van der Waals surface area contributed by atoms with Gasteiger partial charge in [-0.3, -0.25) is 14.6 Å². The lowest BCUT2D eigenvalue weighted by atomic mass is 9.96. The van der Waals surface area contributed by atoms with Crippen LogP contribution in [-0.2, 0) is 22.7 Å². The molecule has 7 heteroatoms. The van der Waals surface area contributed by atoms with E-state index in [0.717, 1.165) is 37.9 Å². The van der Waals surface area contributed by atoms with Crippen molar-refractivity contribution in [2.45, 2.75) is 39.3 Å². The summed E-state index contributed by atoms with van der Waals surface area (Å²) >= 11 is 0. The van der Waals surface area contributed by atoms with Gasteiger partial charge in [-0.25, -0.2) is 4.98 Å². The predicted octanol–water partition coefficient (Wildman–Crippen LogP) is 1.96. The first-order valence-corrected chi connectivity index (χ1v) is 9.52. The summed E-state index contributed by atoms with van der Waals surface area (Å²) < 4.78 is 2.02. The molecule has 3 heterocycles. The van der Waals surface area contributed by atoms with E-state index in [0.29, 0.717) is 19.6 Å². The highest BCUT2D eigenvalue weighted by atomic mass is 16.2. The quantitative estimate of drug-likeness (QED) is 0.748. The van der Waals surface area contributed by atoms with Crippen molar-refractivity contribution < 1.29 is 9.59 Å². The molecule has 0 aromatic carbocycles. The van der Waals surface area contributed by atoms with E-state index in [4.69, 9.17) is 0 Å². The Morgan fingerprint density at radius 3 is 2.74 bits per heavy atom. The molecular weight excluding hydrogens is 342 g/mol. The molecule has 1 saturated heterocycles. The fourth-order valence-electron chi connectivity index (χ4n) is 3.56. The van der Waals surface area contributed by atoms with Gasteiger partial charge in [0, 0.05) is 64.4 Å². The number of amides is 2. The molecule has 1 unspecified atom stereocenters. The number of pyridine rings is 1. The minimum absolute atomic E-state index is 0.0493. The lowest BCUT2D eigenvalue weighted by Gasteiger charge is -2.34. The summed E-state index contributed by atoms with van der Waals surface area (Å²) in [6, 6.07) is 3.89. The number of imidazole rings is 1. The van der Waals surface area contributed by atoms with Crippen LogP contribution in [0.15, 0.2) is 43.2 Å². The Kier molecular flexibility index (Phi) is 6.57. The van der Waals surface area contributed by atoms with Gasteiger partial charge in [0.2, 0.25) is 11.8 Å². The molecule has 0 bridgehead atoms. The van der Waals surface area contributed by atoms with E-state index in [1.807, 2.05) is 27.8 Å². The van der Waals surface area contributed by atoms with Gasteiger partial charge in [-0.2, -0.15) is 0 Å².